The minimum atomic E-state index is -4.75. The van der Waals surface area contributed by atoms with Crippen molar-refractivity contribution in [2.45, 2.75) is 31.6 Å². The monoisotopic (exact) mass is 241 g/mol. The maximum Gasteiger partial charge on any atom is 0.393 e. The molecule has 0 amide bonds. The highest BCUT2D eigenvalue weighted by atomic mass is 19.4. The molecule has 16 heavy (non-hydrogen) atoms. The van der Waals surface area contributed by atoms with Gasteiger partial charge in [0.05, 0.1) is 5.92 Å². The average Bonchev–Trinajstić information content (AvgIpc) is 2.10. The first-order chi connectivity index (χ1) is 7.07. The molecule has 6 N–H and O–H groups in total. The number of hydrogen-bond acceptors (Lipinski definition) is 4. The number of carboxylic acids is 1. The third kappa shape index (κ3) is 4.15. The molecule has 5 nitrogen and oxygen atoms in total. The van der Waals surface area contributed by atoms with Crippen molar-refractivity contribution >= 4 is 11.7 Å². The Morgan fingerprint density at radius 3 is 2.12 bits per heavy atom. The number of rotatable bonds is 5. The SMILES string of the molecule is CC(=N)C(N)CC(C(N)C(=O)O)C(F)(F)F. The summed E-state index contributed by atoms with van der Waals surface area (Å²) in [6.07, 6.45) is -5.45. The number of nitrogens with one attached hydrogen (secondary N) is 1. The summed E-state index contributed by atoms with van der Waals surface area (Å²) in [7, 11) is 0. The van der Waals surface area contributed by atoms with Crippen LogP contribution in [0.1, 0.15) is 13.3 Å². The Morgan fingerprint density at radius 2 is 1.88 bits per heavy atom. The number of aliphatic carboxylic acids is 1. The largest absolute Gasteiger partial charge is 0.480 e. The molecule has 0 fully saturated rings. The van der Waals surface area contributed by atoms with E-state index in [4.69, 9.17) is 22.0 Å². The molecule has 0 radical (unpaired) electrons. The number of hydrogen-bond donors (Lipinski definition) is 4. The van der Waals surface area contributed by atoms with Crippen LogP contribution in [0, 0.1) is 11.3 Å². The molecule has 0 spiro atoms. The van der Waals surface area contributed by atoms with Gasteiger partial charge in [-0.05, 0) is 13.3 Å². The van der Waals surface area contributed by atoms with Gasteiger partial charge in [-0.3, -0.25) is 4.79 Å². The van der Waals surface area contributed by atoms with Crippen molar-refractivity contribution in [1.82, 2.24) is 0 Å². The van der Waals surface area contributed by atoms with E-state index in [2.05, 4.69) is 0 Å². The predicted octanol–water partition coefficient (Wildman–Crippen LogP) is 0.334. The van der Waals surface area contributed by atoms with E-state index >= 15 is 0 Å². The van der Waals surface area contributed by atoms with Crippen LogP contribution in [0.3, 0.4) is 0 Å². The molecule has 0 rings (SSSR count). The molecule has 0 aliphatic rings. The van der Waals surface area contributed by atoms with Gasteiger partial charge in [0, 0.05) is 11.8 Å². The summed E-state index contributed by atoms with van der Waals surface area (Å²) in [6.45, 7) is 1.25. The van der Waals surface area contributed by atoms with Crippen molar-refractivity contribution in [2.75, 3.05) is 0 Å². The smallest absolute Gasteiger partial charge is 0.393 e. The van der Waals surface area contributed by atoms with E-state index in [0.717, 1.165) is 0 Å². The van der Waals surface area contributed by atoms with Crippen molar-refractivity contribution in [2.24, 2.45) is 17.4 Å². The van der Waals surface area contributed by atoms with E-state index in [1.807, 2.05) is 0 Å². The van der Waals surface area contributed by atoms with Gasteiger partial charge in [-0.15, -0.1) is 0 Å². The molecule has 0 aliphatic heterocycles. The van der Waals surface area contributed by atoms with Gasteiger partial charge in [0.2, 0.25) is 0 Å². The van der Waals surface area contributed by atoms with E-state index in [9.17, 15) is 18.0 Å². The Hall–Kier alpha value is -1.15. The lowest BCUT2D eigenvalue weighted by atomic mass is 9.91. The van der Waals surface area contributed by atoms with Crippen LogP contribution < -0.4 is 11.5 Å². The molecule has 8 heteroatoms. The minimum absolute atomic E-state index is 0.146. The second kappa shape index (κ2) is 5.26. The van der Waals surface area contributed by atoms with Gasteiger partial charge in [0.1, 0.15) is 6.04 Å². The number of carbonyl (C=O) groups is 1. The lowest BCUT2D eigenvalue weighted by Crippen LogP contribution is -2.48. The van der Waals surface area contributed by atoms with Gasteiger partial charge >= 0.3 is 12.1 Å². The molecule has 0 saturated heterocycles. The van der Waals surface area contributed by atoms with Gasteiger partial charge in [-0.2, -0.15) is 13.2 Å². The van der Waals surface area contributed by atoms with Crippen LogP contribution in [-0.2, 0) is 4.79 Å². The fourth-order valence-electron chi connectivity index (χ4n) is 1.11. The molecular weight excluding hydrogens is 227 g/mol. The maximum atomic E-state index is 12.5. The van der Waals surface area contributed by atoms with Crippen LogP contribution in [0.2, 0.25) is 0 Å². The number of halogens is 3. The molecule has 0 aromatic rings. The van der Waals surface area contributed by atoms with Gasteiger partial charge in [-0.1, -0.05) is 0 Å². The zero-order valence-electron chi connectivity index (χ0n) is 8.58. The molecule has 0 aliphatic carbocycles. The zero-order chi connectivity index (χ0) is 13.1. The quantitative estimate of drug-likeness (QED) is 0.519. The first-order valence-corrected chi connectivity index (χ1v) is 4.43. The van der Waals surface area contributed by atoms with Gasteiger partial charge in [-0.25, -0.2) is 0 Å². The van der Waals surface area contributed by atoms with Gasteiger partial charge in [0.15, 0.2) is 0 Å². The predicted molar refractivity (Wildman–Crippen MR) is 51.1 cm³/mol. The topological polar surface area (TPSA) is 113 Å². The lowest BCUT2D eigenvalue weighted by Gasteiger charge is -2.25. The zero-order valence-corrected chi connectivity index (χ0v) is 8.58. The van der Waals surface area contributed by atoms with E-state index in [1.54, 1.807) is 0 Å². The molecule has 94 valence electrons. The molecule has 3 unspecified atom stereocenters. The minimum Gasteiger partial charge on any atom is -0.480 e. The van der Waals surface area contributed by atoms with E-state index in [0.29, 0.717) is 0 Å². The first kappa shape index (κ1) is 14.8. The van der Waals surface area contributed by atoms with Gasteiger partial charge < -0.3 is 22.0 Å². The van der Waals surface area contributed by atoms with Crippen molar-refractivity contribution < 1.29 is 23.1 Å². The Morgan fingerprint density at radius 1 is 1.44 bits per heavy atom. The lowest BCUT2D eigenvalue weighted by molar-refractivity contribution is -0.188. The standard InChI is InChI=1S/C8H14F3N3O2/c1-3(12)5(13)2-4(8(9,10)11)6(14)7(15)16/h4-6,12H,2,13-14H2,1H3,(H,15,16). The third-order valence-electron chi connectivity index (χ3n) is 2.20. The normalized spacial score (nSPS) is 17.6. The number of carboxylic acid groups (broad SMARTS) is 1. The summed E-state index contributed by atoms with van der Waals surface area (Å²) in [5.74, 6) is -3.99. The van der Waals surface area contributed by atoms with Crippen LogP contribution >= 0.6 is 0 Å². The van der Waals surface area contributed by atoms with Crippen molar-refractivity contribution in [3.05, 3.63) is 0 Å². The summed E-state index contributed by atoms with van der Waals surface area (Å²) >= 11 is 0. The highest BCUT2D eigenvalue weighted by molar-refractivity contribution is 5.84. The second-order valence-electron chi connectivity index (χ2n) is 3.54. The highest BCUT2D eigenvalue weighted by Gasteiger charge is 2.46. The summed E-state index contributed by atoms with van der Waals surface area (Å²) in [5, 5.41) is 15.5. The first-order valence-electron chi connectivity index (χ1n) is 4.43. The molecule has 0 bridgehead atoms. The Labute approximate surface area is 90.1 Å². The third-order valence-corrected chi connectivity index (χ3v) is 2.20. The highest BCUT2D eigenvalue weighted by Crippen LogP contribution is 2.31. The molecular formula is C8H14F3N3O2. The fourth-order valence-corrected chi connectivity index (χ4v) is 1.11. The second-order valence-corrected chi connectivity index (χ2v) is 3.54. The molecule has 0 saturated carbocycles. The number of nitrogens with two attached hydrogens (primary N) is 2. The number of alkyl halides is 3. The Bertz CT molecular complexity index is 280. The van der Waals surface area contributed by atoms with E-state index in [-0.39, 0.29) is 5.71 Å². The van der Waals surface area contributed by atoms with Crippen molar-refractivity contribution in [1.29, 1.82) is 5.41 Å². The molecule has 0 aromatic heterocycles. The Kier molecular flexibility index (Phi) is 4.88. The van der Waals surface area contributed by atoms with Crippen LogP contribution in [0.25, 0.3) is 0 Å². The van der Waals surface area contributed by atoms with Crippen LogP contribution in [0.15, 0.2) is 0 Å². The summed E-state index contributed by atoms with van der Waals surface area (Å²) in [5.41, 5.74) is 10.1. The van der Waals surface area contributed by atoms with Gasteiger partial charge in [0.25, 0.3) is 0 Å². The summed E-state index contributed by atoms with van der Waals surface area (Å²) in [6, 6.07) is -3.21. The van der Waals surface area contributed by atoms with Crippen LogP contribution in [-0.4, -0.2) is 35.0 Å². The average molecular weight is 241 g/mol. The Balaban J connectivity index is 4.83. The molecule has 3 atom stereocenters. The van der Waals surface area contributed by atoms with E-state index in [1.165, 1.54) is 6.92 Å². The summed E-state index contributed by atoms with van der Waals surface area (Å²) in [4.78, 5) is 10.4. The van der Waals surface area contributed by atoms with E-state index < -0.39 is 36.6 Å². The molecule has 0 heterocycles. The molecule has 0 aromatic carbocycles. The van der Waals surface area contributed by atoms with Crippen molar-refractivity contribution in [3.8, 4) is 0 Å². The van der Waals surface area contributed by atoms with Crippen molar-refractivity contribution in [3.63, 3.8) is 0 Å². The maximum absolute atomic E-state index is 12.5. The summed E-state index contributed by atoms with van der Waals surface area (Å²) < 4.78 is 37.5. The van der Waals surface area contributed by atoms with Crippen LogP contribution in [0.4, 0.5) is 13.2 Å². The van der Waals surface area contributed by atoms with Crippen LogP contribution in [0.5, 0.6) is 0 Å². The fraction of sp³-hybridized carbons (Fsp3) is 0.750.